The Bertz CT molecular complexity index is 1020. The predicted octanol–water partition coefficient (Wildman–Crippen LogP) is 4.41. The van der Waals surface area contributed by atoms with Crippen molar-refractivity contribution in [3.05, 3.63) is 59.7 Å². The summed E-state index contributed by atoms with van der Waals surface area (Å²) in [5.41, 5.74) is 4.61. The quantitative estimate of drug-likeness (QED) is 0.633. The van der Waals surface area contributed by atoms with E-state index in [1.54, 1.807) is 6.92 Å². The minimum atomic E-state index is -1.02. The number of carbonyl (C=O) groups is 3. The number of hydrogen-bond donors (Lipinski definition) is 2. The summed E-state index contributed by atoms with van der Waals surface area (Å²) >= 11 is 0. The van der Waals surface area contributed by atoms with Crippen LogP contribution in [0.3, 0.4) is 0 Å². The number of carboxylic acids is 1. The largest absolute Gasteiger partial charge is 0.480 e. The highest BCUT2D eigenvalue weighted by atomic mass is 16.5. The summed E-state index contributed by atoms with van der Waals surface area (Å²) in [6.45, 7) is 1.96. The number of fused-ring (bicyclic) bond motifs is 3. The number of carbonyl (C=O) groups excluding carboxylic acids is 2. The number of nitrogens with one attached hydrogen (secondary N) is 1. The number of alkyl carbamates (subject to hydrolysis) is 1. The van der Waals surface area contributed by atoms with Gasteiger partial charge in [-0.05, 0) is 41.5 Å². The lowest BCUT2D eigenvalue weighted by molar-refractivity contribution is -0.151. The van der Waals surface area contributed by atoms with Crippen molar-refractivity contribution in [2.45, 2.75) is 57.0 Å². The third-order valence-electron chi connectivity index (χ3n) is 7.22. The van der Waals surface area contributed by atoms with Crippen LogP contribution in [0.2, 0.25) is 0 Å². The van der Waals surface area contributed by atoms with Gasteiger partial charge in [0, 0.05) is 19.0 Å². The van der Waals surface area contributed by atoms with Crippen molar-refractivity contribution < 1.29 is 24.2 Å². The van der Waals surface area contributed by atoms with Crippen molar-refractivity contribution >= 4 is 18.0 Å². The van der Waals surface area contributed by atoms with E-state index in [1.807, 2.05) is 24.3 Å². The Morgan fingerprint density at radius 2 is 1.62 bits per heavy atom. The average Bonchev–Trinajstić information content (AvgIpc) is 3.16. The van der Waals surface area contributed by atoms with E-state index < -0.39 is 24.0 Å². The summed E-state index contributed by atoms with van der Waals surface area (Å²) in [5, 5.41) is 12.3. The molecule has 2 aromatic carbocycles. The lowest BCUT2D eigenvalue weighted by Crippen LogP contribution is -2.52. The summed E-state index contributed by atoms with van der Waals surface area (Å²) in [5.74, 6) is -1.74. The molecule has 2 aliphatic carbocycles. The molecule has 4 rings (SSSR count). The van der Waals surface area contributed by atoms with Gasteiger partial charge >= 0.3 is 12.1 Å². The Kier molecular flexibility index (Phi) is 7.20. The fraction of sp³-hybridized carbons (Fsp3) is 0.444. The van der Waals surface area contributed by atoms with Crippen LogP contribution in [0.1, 0.15) is 56.1 Å². The molecule has 0 aliphatic heterocycles. The highest BCUT2D eigenvalue weighted by Gasteiger charge is 2.37. The minimum Gasteiger partial charge on any atom is -0.480 e. The lowest BCUT2D eigenvalue weighted by atomic mass is 9.83. The molecule has 2 N–H and O–H groups in total. The molecule has 7 heteroatoms. The van der Waals surface area contributed by atoms with Crippen molar-refractivity contribution in [3.8, 4) is 11.1 Å². The summed E-state index contributed by atoms with van der Waals surface area (Å²) in [7, 11) is 1.53. The number of benzene rings is 2. The van der Waals surface area contributed by atoms with Crippen LogP contribution >= 0.6 is 0 Å². The maximum atomic E-state index is 13.1. The number of rotatable bonds is 7. The number of ether oxygens (including phenoxy) is 1. The fourth-order valence-electron chi connectivity index (χ4n) is 5.42. The third-order valence-corrected chi connectivity index (χ3v) is 7.22. The summed E-state index contributed by atoms with van der Waals surface area (Å²) in [6.07, 6.45) is 2.84. The van der Waals surface area contributed by atoms with Crippen LogP contribution in [0.25, 0.3) is 11.1 Å². The number of likely N-dealkylation sites (N-methyl/N-ethyl adjacent to an activating group) is 1. The van der Waals surface area contributed by atoms with Crippen molar-refractivity contribution in [3.63, 3.8) is 0 Å². The van der Waals surface area contributed by atoms with Gasteiger partial charge in [-0.1, -0.05) is 68.3 Å². The molecule has 0 radical (unpaired) electrons. The first-order valence-corrected chi connectivity index (χ1v) is 12.0. The van der Waals surface area contributed by atoms with E-state index in [1.165, 1.54) is 11.9 Å². The number of carboxylic acid groups (broad SMARTS) is 1. The van der Waals surface area contributed by atoms with E-state index in [9.17, 15) is 19.5 Å². The maximum absolute atomic E-state index is 13.1. The molecule has 0 heterocycles. The number of aliphatic carboxylic acids is 1. The van der Waals surface area contributed by atoms with Crippen molar-refractivity contribution in [1.29, 1.82) is 0 Å². The van der Waals surface area contributed by atoms with Crippen LogP contribution in [0.5, 0.6) is 0 Å². The first-order valence-electron chi connectivity index (χ1n) is 12.0. The number of amides is 2. The molecule has 1 saturated carbocycles. The van der Waals surface area contributed by atoms with Crippen LogP contribution < -0.4 is 5.32 Å². The van der Waals surface area contributed by atoms with E-state index in [0.717, 1.165) is 35.1 Å². The average molecular weight is 465 g/mol. The van der Waals surface area contributed by atoms with Crippen molar-refractivity contribution in [2.24, 2.45) is 5.92 Å². The van der Waals surface area contributed by atoms with Gasteiger partial charge in [0.1, 0.15) is 12.6 Å². The van der Waals surface area contributed by atoms with E-state index >= 15 is 0 Å². The molecule has 2 amide bonds. The third kappa shape index (κ3) is 4.65. The van der Waals surface area contributed by atoms with Crippen molar-refractivity contribution in [1.82, 2.24) is 10.2 Å². The van der Waals surface area contributed by atoms with Gasteiger partial charge in [0.25, 0.3) is 0 Å². The van der Waals surface area contributed by atoms with Crippen molar-refractivity contribution in [2.75, 3.05) is 13.7 Å². The number of hydrogen-bond acceptors (Lipinski definition) is 4. The molecule has 3 atom stereocenters. The molecule has 34 heavy (non-hydrogen) atoms. The molecular formula is C27H32N2O5. The monoisotopic (exact) mass is 464 g/mol. The SMILES string of the molecule is CCC(C(=O)O)N(C)C(=O)[C@H]1CCCC[C@H]1NC(=O)OCC1c2ccccc2-c2ccccc21. The van der Waals surface area contributed by atoms with Gasteiger partial charge in [-0.25, -0.2) is 9.59 Å². The molecular weight excluding hydrogens is 432 g/mol. The second-order valence-electron chi connectivity index (χ2n) is 9.18. The normalized spacial score (nSPS) is 20.1. The molecule has 2 aliphatic rings. The molecule has 0 spiro atoms. The molecule has 7 nitrogen and oxygen atoms in total. The lowest BCUT2D eigenvalue weighted by Gasteiger charge is -2.35. The molecule has 0 bridgehead atoms. The Morgan fingerprint density at radius 1 is 1.03 bits per heavy atom. The molecule has 2 aromatic rings. The number of nitrogens with zero attached hydrogens (tertiary/aromatic N) is 1. The maximum Gasteiger partial charge on any atom is 0.407 e. The second-order valence-corrected chi connectivity index (χ2v) is 9.18. The molecule has 1 fully saturated rings. The summed E-state index contributed by atoms with van der Waals surface area (Å²) in [4.78, 5) is 38.7. The fourth-order valence-corrected chi connectivity index (χ4v) is 5.42. The molecule has 180 valence electrons. The van der Waals surface area contributed by atoms with Gasteiger partial charge in [0.2, 0.25) is 5.91 Å². The van der Waals surface area contributed by atoms with Crippen LogP contribution in [0.15, 0.2) is 48.5 Å². The second kappa shape index (κ2) is 10.3. The van der Waals surface area contributed by atoms with Gasteiger partial charge in [-0.2, -0.15) is 0 Å². The zero-order valence-corrected chi connectivity index (χ0v) is 19.7. The van der Waals surface area contributed by atoms with Gasteiger partial charge in [0.15, 0.2) is 0 Å². The zero-order chi connectivity index (χ0) is 24.2. The van der Waals surface area contributed by atoms with Crippen LogP contribution in [-0.2, 0) is 14.3 Å². The Labute approximate surface area is 200 Å². The first kappa shape index (κ1) is 23.8. The minimum absolute atomic E-state index is 0.0334. The predicted molar refractivity (Wildman–Crippen MR) is 128 cm³/mol. The molecule has 0 saturated heterocycles. The van der Waals surface area contributed by atoms with E-state index in [2.05, 4.69) is 29.6 Å². The standard InChI is InChI=1S/C27H32N2O5/c1-3-24(26(31)32)29(2)25(30)21-14-8-9-15-23(21)28-27(33)34-16-22-19-12-6-4-10-17(19)18-11-5-7-13-20(18)22/h4-7,10-13,21-24H,3,8-9,14-16H2,1-2H3,(H,28,33)(H,31,32)/t21-,23+,24?/m0/s1. The van der Waals surface area contributed by atoms with Gasteiger partial charge in [-0.3, -0.25) is 4.79 Å². The van der Waals surface area contributed by atoms with E-state index in [4.69, 9.17) is 4.74 Å². The highest BCUT2D eigenvalue weighted by molar-refractivity contribution is 5.86. The van der Waals surface area contributed by atoms with Gasteiger partial charge in [-0.15, -0.1) is 0 Å². The molecule has 1 unspecified atom stereocenters. The molecule has 0 aromatic heterocycles. The topological polar surface area (TPSA) is 95.9 Å². The Balaban J connectivity index is 1.41. The summed E-state index contributed by atoms with van der Waals surface area (Å²) in [6, 6.07) is 15.1. The Hall–Kier alpha value is -3.35. The van der Waals surface area contributed by atoms with E-state index in [0.29, 0.717) is 19.3 Å². The van der Waals surface area contributed by atoms with Gasteiger partial charge in [0.05, 0.1) is 5.92 Å². The van der Waals surface area contributed by atoms with Crippen LogP contribution in [-0.4, -0.2) is 53.7 Å². The van der Waals surface area contributed by atoms with Crippen LogP contribution in [0, 0.1) is 5.92 Å². The Morgan fingerprint density at radius 3 is 2.21 bits per heavy atom. The smallest absolute Gasteiger partial charge is 0.407 e. The first-order chi connectivity index (χ1) is 16.4. The zero-order valence-electron chi connectivity index (χ0n) is 19.7. The van der Waals surface area contributed by atoms with Crippen LogP contribution in [0.4, 0.5) is 4.79 Å². The van der Waals surface area contributed by atoms with Gasteiger partial charge < -0.3 is 20.1 Å². The van der Waals surface area contributed by atoms with E-state index in [-0.39, 0.29) is 24.5 Å². The summed E-state index contributed by atoms with van der Waals surface area (Å²) < 4.78 is 5.67. The highest BCUT2D eigenvalue weighted by Crippen LogP contribution is 2.44.